The number of carboxylic acid groups (broad SMARTS) is 1. The maximum Gasteiger partial charge on any atom is 0.317 e. The molecule has 0 aromatic rings. The van der Waals surface area contributed by atoms with Gasteiger partial charge >= 0.3 is 12.0 Å². The number of sulfone groups is 1. The van der Waals surface area contributed by atoms with Crippen LogP contribution in [0.25, 0.3) is 0 Å². The van der Waals surface area contributed by atoms with Crippen molar-refractivity contribution in [3.63, 3.8) is 0 Å². The highest BCUT2D eigenvalue weighted by Gasteiger charge is 2.35. The molecule has 0 aromatic carbocycles. The highest BCUT2D eigenvalue weighted by atomic mass is 32.2. The van der Waals surface area contributed by atoms with Crippen molar-refractivity contribution in [3.8, 4) is 0 Å². The van der Waals surface area contributed by atoms with Crippen LogP contribution in [0.3, 0.4) is 0 Å². The van der Waals surface area contributed by atoms with Crippen molar-refractivity contribution in [1.82, 2.24) is 10.2 Å². The van der Waals surface area contributed by atoms with Gasteiger partial charge in [0.1, 0.15) is 0 Å². The van der Waals surface area contributed by atoms with E-state index in [0.29, 0.717) is 6.54 Å². The van der Waals surface area contributed by atoms with Crippen LogP contribution in [0.4, 0.5) is 4.79 Å². The standard InChI is InChI=1S/C11H20N2O5S/c1-2-3-4-12-11(16)13-5-6-19(17,18)8-9(13)7-10(14)15/h9H,2-8H2,1H3,(H,12,16)(H,14,15). The summed E-state index contributed by atoms with van der Waals surface area (Å²) in [5.41, 5.74) is 0. The molecule has 2 amide bonds. The van der Waals surface area contributed by atoms with Crippen molar-refractivity contribution in [2.24, 2.45) is 0 Å². The van der Waals surface area contributed by atoms with E-state index in [1.165, 1.54) is 4.90 Å². The normalized spacial score (nSPS) is 21.9. The Morgan fingerprint density at radius 2 is 2.11 bits per heavy atom. The molecule has 110 valence electrons. The van der Waals surface area contributed by atoms with Crippen LogP contribution in [0.2, 0.25) is 0 Å². The number of carbonyl (C=O) groups is 2. The molecule has 0 bridgehead atoms. The molecule has 1 rings (SSSR count). The Kier molecular flexibility index (Phi) is 5.59. The molecule has 1 heterocycles. The lowest BCUT2D eigenvalue weighted by Crippen LogP contribution is -2.55. The molecule has 2 N–H and O–H groups in total. The first-order chi connectivity index (χ1) is 8.85. The van der Waals surface area contributed by atoms with Gasteiger partial charge in [-0.25, -0.2) is 13.2 Å². The minimum atomic E-state index is -3.25. The number of nitrogens with one attached hydrogen (secondary N) is 1. The predicted molar refractivity (Wildman–Crippen MR) is 69.7 cm³/mol. The molecule has 1 unspecified atom stereocenters. The van der Waals surface area contributed by atoms with E-state index in [9.17, 15) is 18.0 Å². The Morgan fingerprint density at radius 3 is 2.68 bits per heavy atom. The van der Waals surface area contributed by atoms with Gasteiger partial charge in [-0.1, -0.05) is 13.3 Å². The molecule has 0 saturated carbocycles. The maximum absolute atomic E-state index is 11.9. The number of rotatable bonds is 5. The van der Waals surface area contributed by atoms with Gasteiger partial charge in [-0.3, -0.25) is 4.79 Å². The van der Waals surface area contributed by atoms with Gasteiger partial charge in [0, 0.05) is 13.1 Å². The van der Waals surface area contributed by atoms with Crippen LogP contribution in [-0.2, 0) is 14.6 Å². The first-order valence-electron chi connectivity index (χ1n) is 6.32. The van der Waals surface area contributed by atoms with Crippen LogP contribution < -0.4 is 5.32 Å². The van der Waals surface area contributed by atoms with E-state index in [-0.39, 0.29) is 30.5 Å². The highest BCUT2D eigenvalue weighted by Crippen LogP contribution is 2.15. The summed E-state index contributed by atoms with van der Waals surface area (Å²) in [5, 5.41) is 11.5. The van der Waals surface area contributed by atoms with E-state index in [1.54, 1.807) is 0 Å². The average Bonchev–Trinajstić information content (AvgIpc) is 2.27. The maximum atomic E-state index is 11.9. The number of urea groups is 1. The molecule has 1 atom stereocenters. The van der Waals surface area contributed by atoms with Crippen molar-refractivity contribution < 1.29 is 23.1 Å². The van der Waals surface area contributed by atoms with Gasteiger partial charge in [-0.15, -0.1) is 0 Å². The van der Waals surface area contributed by atoms with Crippen molar-refractivity contribution in [1.29, 1.82) is 0 Å². The summed E-state index contributed by atoms with van der Waals surface area (Å²) in [6, 6.07) is -1.16. The molecular weight excluding hydrogens is 272 g/mol. The minimum absolute atomic E-state index is 0.0538. The summed E-state index contributed by atoms with van der Waals surface area (Å²) >= 11 is 0. The van der Waals surface area contributed by atoms with E-state index in [2.05, 4.69) is 5.32 Å². The molecular formula is C11H20N2O5S. The van der Waals surface area contributed by atoms with E-state index < -0.39 is 21.8 Å². The molecule has 1 saturated heterocycles. The van der Waals surface area contributed by atoms with Crippen molar-refractivity contribution in [3.05, 3.63) is 0 Å². The average molecular weight is 292 g/mol. The lowest BCUT2D eigenvalue weighted by Gasteiger charge is -2.34. The minimum Gasteiger partial charge on any atom is -0.481 e. The third-order valence-electron chi connectivity index (χ3n) is 3.01. The van der Waals surface area contributed by atoms with Gasteiger partial charge in [-0.05, 0) is 6.42 Å². The van der Waals surface area contributed by atoms with E-state index >= 15 is 0 Å². The molecule has 19 heavy (non-hydrogen) atoms. The van der Waals surface area contributed by atoms with Crippen LogP contribution in [0.15, 0.2) is 0 Å². The molecule has 1 aliphatic rings. The fourth-order valence-electron chi connectivity index (χ4n) is 2.00. The highest BCUT2D eigenvalue weighted by molar-refractivity contribution is 7.91. The quantitative estimate of drug-likeness (QED) is 0.698. The Hall–Kier alpha value is -1.31. The number of amides is 2. The third kappa shape index (κ3) is 5.06. The summed E-state index contributed by atoms with van der Waals surface area (Å²) in [6.45, 7) is 2.56. The molecule has 0 aromatic heterocycles. The number of unbranched alkanes of at least 4 members (excludes halogenated alkanes) is 1. The van der Waals surface area contributed by atoms with Gasteiger partial charge in [-0.2, -0.15) is 0 Å². The summed E-state index contributed by atoms with van der Waals surface area (Å²) in [7, 11) is -3.25. The third-order valence-corrected chi connectivity index (χ3v) is 4.71. The number of aliphatic carboxylic acids is 1. The predicted octanol–water partition coefficient (Wildman–Crippen LogP) is 0.0698. The molecule has 0 spiro atoms. The van der Waals surface area contributed by atoms with Gasteiger partial charge in [0.25, 0.3) is 0 Å². The molecule has 0 aliphatic carbocycles. The monoisotopic (exact) mass is 292 g/mol. The first kappa shape index (κ1) is 15.7. The number of nitrogens with zero attached hydrogens (tertiary/aromatic N) is 1. The smallest absolute Gasteiger partial charge is 0.317 e. The van der Waals surface area contributed by atoms with Crippen LogP contribution in [0.1, 0.15) is 26.2 Å². The van der Waals surface area contributed by atoms with Gasteiger partial charge in [0.2, 0.25) is 0 Å². The van der Waals surface area contributed by atoms with Crippen molar-refractivity contribution in [2.75, 3.05) is 24.6 Å². The first-order valence-corrected chi connectivity index (χ1v) is 8.14. The van der Waals surface area contributed by atoms with Crippen LogP contribution in [-0.4, -0.2) is 61.1 Å². The van der Waals surface area contributed by atoms with E-state index in [1.807, 2.05) is 6.92 Å². The van der Waals surface area contributed by atoms with Gasteiger partial charge < -0.3 is 15.3 Å². The van der Waals surface area contributed by atoms with Crippen LogP contribution in [0.5, 0.6) is 0 Å². The summed E-state index contributed by atoms with van der Waals surface area (Å²) in [6.07, 6.45) is 1.43. The second-order valence-corrected chi connectivity index (χ2v) is 6.87. The Morgan fingerprint density at radius 1 is 1.42 bits per heavy atom. The Bertz CT molecular complexity index is 434. The zero-order valence-electron chi connectivity index (χ0n) is 11.0. The largest absolute Gasteiger partial charge is 0.481 e. The number of hydrogen-bond acceptors (Lipinski definition) is 4. The zero-order chi connectivity index (χ0) is 14.5. The fraction of sp³-hybridized carbons (Fsp3) is 0.818. The number of carboxylic acids is 1. The topological polar surface area (TPSA) is 104 Å². The van der Waals surface area contributed by atoms with Crippen molar-refractivity contribution >= 4 is 21.8 Å². The molecule has 8 heteroatoms. The SMILES string of the molecule is CCCCNC(=O)N1CCS(=O)(=O)CC1CC(=O)O. The molecule has 1 fully saturated rings. The lowest BCUT2D eigenvalue weighted by molar-refractivity contribution is -0.138. The Labute approximate surface area is 112 Å². The van der Waals surface area contributed by atoms with Gasteiger partial charge in [0.15, 0.2) is 9.84 Å². The van der Waals surface area contributed by atoms with Crippen LogP contribution >= 0.6 is 0 Å². The summed E-state index contributed by atoms with van der Waals surface area (Å²) in [5.74, 6) is -1.49. The number of carbonyl (C=O) groups excluding carboxylic acids is 1. The summed E-state index contributed by atoms with van der Waals surface area (Å²) in [4.78, 5) is 24.0. The fourth-order valence-corrected chi connectivity index (χ4v) is 3.52. The zero-order valence-corrected chi connectivity index (χ0v) is 11.8. The van der Waals surface area contributed by atoms with Gasteiger partial charge in [0.05, 0.1) is 24.0 Å². The van der Waals surface area contributed by atoms with Crippen LogP contribution in [0, 0.1) is 0 Å². The molecule has 0 radical (unpaired) electrons. The Balaban J connectivity index is 2.67. The van der Waals surface area contributed by atoms with E-state index in [4.69, 9.17) is 5.11 Å². The second kappa shape index (κ2) is 6.74. The van der Waals surface area contributed by atoms with E-state index in [0.717, 1.165) is 12.8 Å². The molecule has 7 nitrogen and oxygen atoms in total. The number of hydrogen-bond donors (Lipinski definition) is 2. The lowest BCUT2D eigenvalue weighted by atomic mass is 10.2. The molecule has 1 aliphatic heterocycles. The second-order valence-electron chi connectivity index (χ2n) is 4.64. The van der Waals surface area contributed by atoms with Crippen molar-refractivity contribution in [2.45, 2.75) is 32.2 Å². The summed E-state index contributed by atoms with van der Waals surface area (Å²) < 4.78 is 23.0.